The standard InChI is InChI=1S/C33H44N2O3/c36-27-14-19-34(20-15-27)21-16-31(37)38-30-24-33(35-17-8-3-9-18-35)22-28(25-10-4-1-5-11-25)32(30)29(23-33)26-12-6-2-7-13-26/h1-2,4-7,10-13,27-30,32,36H,3,8-9,14-24H2. The van der Waals surface area contributed by atoms with Gasteiger partial charge in [0.1, 0.15) is 6.10 Å². The number of carbonyl (C=O) groups excluding carboxylic acids is 1. The normalized spacial score (nSPS) is 32.8. The van der Waals surface area contributed by atoms with E-state index in [0.29, 0.717) is 24.2 Å². The zero-order chi connectivity index (χ0) is 26.0. The summed E-state index contributed by atoms with van der Waals surface area (Å²) in [5.74, 6) is 1.00. The van der Waals surface area contributed by atoms with Crippen LogP contribution in [0.5, 0.6) is 0 Å². The molecule has 1 N–H and O–H groups in total. The number of aliphatic hydroxyl groups excluding tert-OH is 1. The molecule has 3 unspecified atom stereocenters. The van der Waals surface area contributed by atoms with Gasteiger partial charge in [0.2, 0.25) is 0 Å². The number of hydrogen-bond acceptors (Lipinski definition) is 5. The van der Waals surface area contributed by atoms with Crippen molar-refractivity contribution in [2.45, 2.75) is 87.4 Å². The first-order valence-electron chi connectivity index (χ1n) is 15.1. The van der Waals surface area contributed by atoms with Gasteiger partial charge in [-0.25, -0.2) is 0 Å². The Morgan fingerprint density at radius 2 is 1.39 bits per heavy atom. The maximum Gasteiger partial charge on any atom is 0.307 e. The highest BCUT2D eigenvalue weighted by molar-refractivity contribution is 5.70. The molecule has 7 rings (SSSR count). The number of carbonyl (C=O) groups is 1. The summed E-state index contributed by atoms with van der Waals surface area (Å²) in [7, 11) is 0. The van der Waals surface area contributed by atoms with Crippen molar-refractivity contribution < 1.29 is 14.6 Å². The van der Waals surface area contributed by atoms with Crippen LogP contribution in [0.25, 0.3) is 0 Å². The quantitative estimate of drug-likeness (QED) is 0.503. The van der Waals surface area contributed by atoms with Crippen LogP contribution in [-0.4, -0.2) is 71.3 Å². The SMILES string of the molecule is O=C(CCN1CCC(O)CC1)OC1CC2(N3CCCCC3)CC(c3ccccc3)C1C(c1ccccc1)C2. The van der Waals surface area contributed by atoms with Crippen LogP contribution in [0.15, 0.2) is 60.7 Å². The van der Waals surface area contributed by atoms with E-state index < -0.39 is 0 Å². The van der Waals surface area contributed by atoms with E-state index in [1.807, 2.05) is 0 Å². The second-order valence-electron chi connectivity index (χ2n) is 12.3. The fourth-order valence-corrected chi connectivity index (χ4v) is 8.23. The number of hydrogen-bond donors (Lipinski definition) is 1. The minimum Gasteiger partial charge on any atom is -0.462 e. The molecule has 0 amide bonds. The molecule has 2 aromatic carbocycles. The Balaban J connectivity index is 1.29. The van der Waals surface area contributed by atoms with E-state index in [-0.39, 0.29) is 23.7 Å². The van der Waals surface area contributed by atoms with Gasteiger partial charge in [-0.1, -0.05) is 67.1 Å². The minimum atomic E-state index is -0.188. The van der Waals surface area contributed by atoms with Crippen LogP contribution in [0.3, 0.4) is 0 Å². The van der Waals surface area contributed by atoms with Crippen LogP contribution in [0.4, 0.5) is 0 Å². The van der Waals surface area contributed by atoms with E-state index in [1.54, 1.807) is 0 Å². The number of benzene rings is 2. The monoisotopic (exact) mass is 516 g/mol. The fourth-order valence-electron chi connectivity index (χ4n) is 8.23. The fraction of sp³-hybridized carbons (Fsp3) is 0.606. The Morgan fingerprint density at radius 1 is 0.816 bits per heavy atom. The molecular weight excluding hydrogens is 472 g/mol. The van der Waals surface area contributed by atoms with Gasteiger partial charge in [-0.3, -0.25) is 9.69 Å². The maximum absolute atomic E-state index is 13.3. The molecule has 0 radical (unpaired) electrons. The second-order valence-corrected chi connectivity index (χ2v) is 12.3. The summed E-state index contributed by atoms with van der Waals surface area (Å²) in [5.41, 5.74) is 2.86. The van der Waals surface area contributed by atoms with Crippen LogP contribution in [0.2, 0.25) is 0 Å². The van der Waals surface area contributed by atoms with E-state index >= 15 is 0 Å². The minimum absolute atomic E-state index is 0.0545. The van der Waals surface area contributed by atoms with E-state index in [1.165, 1.54) is 30.4 Å². The van der Waals surface area contributed by atoms with Gasteiger partial charge in [0.05, 0.1) is 12.5 Å². The largest absolute Gasteiger partial charge is 0.462 e. The Morgan fingerprint density at radius 3 is 1.97 bits per heavy atom. The summed E-state index contributed by atoms with van der Waals surface area (Å²) in [4.78, 5) is 18.4. The molecule has 2 bridgehead atoms. The molecular formula is C33H44N2O3. The molecule has 38 heavy (non-hydrogen) atoms. The summed E-state index contributed by atoms with van der Waals surface area (Å²) in [6.07, 6.45) is 8.94. The lowest BCUT2D eigenvalue weighted by atomic mass is 9.51. The molecule has 5 heteroatoms. The highest BCUT2D eigenvalue weighted by Gasteiger charge is 2.59. The number of rotatable bonds is 7. The highest BCUT2D eigenvalue weighted by Crippen LogP contribution is 2.60. The van der Waals surface area contributed by atoms with Crippen molar-refractivity contribution in [1.82, 2.24) is 9.80 Å². The summed E-state index contributed by atoms with van der Waals surface area (Å²) in [6, 6.07) is 22.1. The lowest BCUT2D eigenvalue weighted by Crippen LogP contribution is -2.64. The molecule has 0 spiro atoms. The van der Waals surface area contributed by atoms with Crippen molar-refractivity contribution in [3.05, 3.63) is 71.8 Å². The predicted molar refractivity (Wildman–Crippen MR) is 150 cm³/mol. The Kier molecular flexibility index (Phi) is 7.87. The van der Waals surface area contributed by atoms with Crippen molar-refractivity contribution in [1.29, 1.82) is 0 Å². The summed E-state index contributed by atoms with van der Waals surface area (Å²) >= 11 is 0. The van der Waals surface area contributed by atoms with Gasteiger partial charge >= 0.3 is 5.97 Å². The zero-order valence-corrected chi connectivity index (χ0v) is 22.7. The molecule has 2 aromatic rings. The summed E-state index contributed by atoms with van der Waals surface area (Å²) in [6.45, 7) is 4.78. The first-order chi connectivity index (χ1) is 18.6. The smallest absolute Gasteiger partial charge is 0.307 e. The van der Waals surface area contributed by atoms with Gasteiger partial charge in [0.25, 0.3) is 0 Å². The molecule has 3 atom stereocenters. The number of nitrogens with zero attached hydrogens (tertiary/aromatic N) is 2. The van der Waals surface area contributed by atoms with Gasteiger partial charge < -0.3 is 14.7 Å². The number of aliphatic hydroxyl groups is 1. The lowest BCUT2D eigenvalue weighted by molar-refractivity contribution is -0.170. The number of piperidine rings is 2. The van der Waals surface area contributed by atoms with Crippen LogP contribution >= 0.6 is 0 Å². The maximum atomic E-state index is 13.3. The third kappa shape index (κ3) is 5.43. The third-order valence-corrected chi connectivity index (χ3v) is 10.1. The molecule has 5 fully saturated rings. The zero-order valence-electron chi connectivity index (χ0n) is 22.7. The Bertz CT molecular complexity index is 997. The van der Waals surface area contributed by atoms with Gasteiger partial charge in [-0.05, 0) is 74.6 Å². The lowest BCUT2D eigenvalue weighted by Gasteiger charge is -2.62. The van der Waals surface area contributed by atoms with Crippen molar-refractivity contribution in [3.8, 4) is 0 Å². The Labute approximate surface area is 228 Å². The number of fused-ring (bicyclic) bond motifs is 3. The highest BCUT2D eigenvalue weighted by atomic mass is 16.5. The second kappa shape index (κ2) is 11.5. The summed E-state index contributed by atoms with van der Waals surface area (Å²) in [5, 5.41) is 9.83. The molecule has 5 aliphatic rings. The first-order valence-corrected chi connectivity index (χ1v) is 15.1. The van der Waals surface area contributed by atoms with Crippen LogP contribution < -0.4 is 0 Å². The van der Waals surface area contributed by atoms with E-state index in [9.17, 15) is 9.90 Å². The van der Waals surface area contributed by atoms with Gasteiger partial charge in [-0.15, -0.1) is 0 Å². The van der Waals surface area contributed by atoms with Crippen LogP contribution in [0.1, 0.15) is 80.8 Å². The van der Waals surface area contributed by atoms with Gasteiger partial charge in [0, 0.05) is 37.5 Å². The molecule has 5 nitrogen and oxygen atoms in total. The molecule has 204 valence electrons. The van der Waals surface area contributed by atoms with E-state index in [0.717, 1.165) is 64.8 Å². The topological polar surface area (TPSA) is 53.0 Å². The van der Waals surface area contributed by atoms with Gasteiger partial charge in [0.15, 0.2) is 0 Å². The average molecular weight is 517 g/mol. The predicted octanol–water partition coefficient (Wildman–Crippen LogP) is 5.35. The van der Waals surface area contributed by atoms with Gasteiger partial charge in [-0.2, -0.15) is 0 Å². The molecule has 2 saturated heterocycles. The van der Waals surface area contributed by atoms with E-state index in [2.05, 4.69) is 70.5 Å². The van der Waals surface area contributed by atoms with Crippen molar-refractivity contribution >= 4 is 5.97 Å². The molecule has 3 saturated carbocycles. The molecule has 2 heterocycles. The first kappa shape index (κ1) is 26.0. The molecule has 3 aliphatic carbocycles. The van der Waals surface area contributed by atoms with Crippen molar-refractivity contribution in [2.75, 3.05) is 32.7 Å². The van der Waals surface area contributed by atoms with E-state index in [4.69, 9.17) is 4.74 Å². The van der Waals surface area contributed by atoms with Crippen molar-refractivity contribution in [2.24, 2.45) is 5.92 Å². The number of ether oxygens (including phenoxy) is 1. The van der Waals surface area contributed by atoms with Crippen molar-refractivity contribution in [3.63, 3.8) is 0 Å². The summed E-state index contributed by atoms with van der Waals surface area (Å²) < 4.78 is 6.52. The number of esters is 1. The van der Waals surface area contributed by atoms with Crippen LogP contribution in [-0.2, 0) is 9.53 Å². The molecule has 2 aliphatic heterocycles. The number of likely N-dealkylation sites (tertiary alicyclic amines) is 2. The average Bonchev–Trinajstić information content (AvgIpc) is 2.98. The van der Waals surface area contributed by atoms with Crippen LogP contribution in [0, 0.1) is 5.92 Å². The Hall–Kier alpha value is -2.21. The third-order valence-electron chi connectivity index (χ3n) is 10.1. The molecule has 0 aromatic heterocycles.